The molecule has 0 aliphatic carbocycles. The number of nitrogens with one attached hydrogen (secondary N) is 1. The van der Waals surface area contributed by atoms with E-state index >= 15 is 0 Å². The molecular formula is C21H21Cl2N3OS. The lowest BCUT2D eigenvalue weighted by Crippen LogP contribution is -2.45. The first-order chi connectivity index (χ1) is 13.5. The Hall–Kier alpha value is -1.66. The highest BCUT2D eigenvalue weighted by Gasteiger charge is 2.29. The van der Waals surface area contributed by atoms with Crippen LogP contribution < -0.4 is 5.32 Å². The molecule has 4 nitrogen and oxygen atoms in total. The number of amides is 1. The SMILES string of the molecule is CC(C(=O)Nc1cccc(Cl)c1Cl)N1CCC(c2nc3ccccc3s2)CC1. The Balaban J connectivity index is 1.37. The largest absolute Gasteiger partial charge is 0.323 e. The third-order valence-electron chi connectivity index (χ3n) is 5.33. The number of carbonyl (C=O) groups excluding carboxylic acids is 1. The van der Waals surface area contributed by atoms with Gasteiger partial charge in [0.1, 0.15) is 0 Å². The van der Waals surface area contributed by atoms with E-state index in [0.717, 1.165) is 31.4 Å². The second-order valence-corrected chi connectivity index (χ2v) is 8.94. The fraction of sp³-hybridized carbons (Fsp3) is 0.333. The van der Waals surface area contributed by atoms with Crippen LogP contribution in [0.1, 0.15) is 30.7 Å². The van der Waals surface area contributed by atoms with E-state index in [0.29, 0.717) is 21.7 Å². The predicted molar refractivity (Wildman–Crippen MR) is 118 cm³/mol. The van der Waals surface area contributed by atoms with Gasteiger partial charge in [-0.05, 0) is 57.1 Å². The van der Waals surface area contributed by atoms with Crippen LogP contribution in [0.2, 0.25) is 10.0 Å². The molecule has 4 rings (SSSR count). The summed E-state index contributed by atoms with van der Waals surface area (Å²) in [5, 5.41) is 4.92. The number of piperidine rings is 1. The molecule has 3 aromatic rings. The first-order valence-electron chi connectivity index (χ1n) is 9.37. The number of nitrogens with zero attached hydrogens (tertiary/aromatic N) is 2. The Morgan fingerprint density at radius 3 is 2.68 bits per heavy atom. The molecule has 1 unspecified atom stereocenters. The number of benzene rings is 2. The first-order valence-corrected chi connectivity index (χ1v) is 10.9. The van der Waals surface area contributed by atoms with Crippen LogP contribution in [0.15, 0.2) is 42.5 Å². The van der Waals surface area contributed by atoms with Crippen LogP contribution in [-0.4, -0.2) is 34.9 Å². The maximum absolute atomic E-state index is 12.7. The predicted octanol–water partition coefficient (Wildman–Crippen LogP) is 5.81. The van der Waals surface area contributed by atoms with E-state index < -0.39 is 0 Å². The number of anilines is 1. The van der Waals surface area contributed by atoms with Gasteiger partial charge in [-0.2, -0.15) is 0 Å². The van der Waals surface area contributed by atoms with E-state index in [9.17, 15) is 4.79 Å². The Kier molecular flexibility index (Phi) is 5.88. The number of rotatable bonds is 4. The lowest BCUT2D eigenvalue weighted by atomic mass is 9.96. The molecule has 0 bridgehead atoms. The quantitative estimate of drug-likeness (QED) is 0.564. The van der Waals surface area contributed by atoms with Gasteiger partial charge in [-0.3, -0.25) is 9.69 Å². The number of likely N-dealkylation sites (tertiary alicyclic amines) is 1. The number of hydrogen-bond donors (Lipinski definition) is 1. The van der Waals surface area contributed by atoms with E-state index in [2.05, 4.69) is 28.4 Å². The summed E-state index contributed by atoms with van der Waals surface area (Å²) in [4.78, 5) is 19.7. The van der Waals surface area contributed by atoms with Crippen LogP contribution in [0.25, 0.3) is 10.2 Å². The molecule has 0 radical (unpaired) electrons. The number of para-hydroxylation sites is 1. The average molecular weight is 434 g/mol. The van der Waals surface area contributed by atoms with Gasteiger partial charge in [-0.1, -0.05) is 41.4 Å². The highest BCUT2D eigenvalue weighted by atomic mass is 35.5. The van der Waals surface area contributed by atoms with Crippen molar-refractivity contribution in [2.75, 3.05) is 18.4 Å². The molecule has 0 spiro atoms. The van der Waals surface area contributed by atoms with Crippen molar-refractivity contribution in [3.8, 4) is 0 Å². The third kappa shape index (κ3) is 4.03. The topological polar surface area (TPSA) is 45.2 Å². The minimum atomic E-state index is -0.230. The van der Waals surface area contributed by atoms with Crippen molar-refractivity contribution in [1.29, 1.82) is 0 Å². The molecule has 1 amide bonds. The van der Waals surface area contributed by atoms with E-state index in [1.54, 1.807) is 29.5 Å². The number of thiazole rings is 1. The minimum absolute atomic E-state index is 0.0670. The molecular weight excluding hydrogens is 413 g/mol. The highest BCUT2D eigenvalue weighted by Crippen LogP contribution is 2.34. The van der Waals surface area contributed by atoms with Crippen molar-refractivity contribution < 1.29 is 4.79 Å². The molecule has 28 heavy (non-hydrogen) atoms. The van der Waals surface area contributed by atoms with Crippen molar-refractivity contribution in [1.82, 2.24) is 9.88 Å². The number of aromatic nitrogens is 1. The zero-order valence-electron chi connectivity index (χ0n) is 15.5. The van der Waals surface area contributed by atoms with Crippen LogP contribution >= 0.6 is 34.5 Å². The highest BCUT2D eigenvalue weighted by molar-refractivity contribution is 7.18. The van der Waals surface area contributed by atoms with Crippen LogP contribution in [-0.2, 0) is 4.79 Å². The van der Waals surface area contributed by atoms with Gasteiger partial charge in [0.2, 0.25) is 5.91 Å². The summed E-state index contributed by atoms with van der Waals surface area (Å²) >= 11 is 14.0. The summed E-state index contributed by atoms with van der Waals surface area (Å²) in [6, 6.07) is 13.3. The van der Waals surface area contributed by atoms with Gasteiger partial charge in [0.05, 0.1) is 37.0 Å². The Labute approximate surface area is 178 Å². The molecule has 1 N–H and O–H groups in total. The summed E-state index contributed by atoms with van der Waals surface area (Å²) in [7, 11) is 0. The minimum Gasteiger partial charge on any atom is -0.323 e. The molecule has 1 fully saturated rings. The normalized spacial score (nSPS) is 17.0. The fourth-order valence-corrected chi connectivity index (χ4v) is 5.09. The second kappa shape index (κ2) is 8.37. The van der Waals surface area contributed by atoms with E-state index in [1.165, 1.54) is 9.71 Å². The van der Waals surface area contributed by atoms with Crippen molar-refractivity contribution in [3.63, 3.8) is 0 Å². The Bertz CT molecular complexity index is 965. The molecule has 146 valence electrons. The number of carbonyl (C=O) groups is 1. The first kappa shape index (κ1) is 19.6. The molecule has 1 aromatic heterocycles. The summed E-state index contributed by atoms with van der Waals surface area (Å²) in [6.45, 7) is 3.68. The van der Waals surface area contributed by atoms with Gasteiger partial charge in [0.25, 0.3) is 0 Å². The summed E-state index contributed by atoms with van der Waals surface area (Å²) in [6.07, 6.45) is 2.02. The Morgan fingerprint density at radius 2 is 1.93 bits per heavy atom. The van der Waals surface area contributed by atoms with E-state index in [-0.39, 0.29) is 11.9 Å². The number of halogens is 2. The molecule has 1 atom stereocenters. The smallest absolute Gasteiger partial charge is 0.241 e. The number of fused-ring (bicyclic) bond motifs is 1. The average Bonchev–Trinajstić information content (AvgIpc) is 3.15. The molecule has 7 heteroatoms. The van der Waals surface area contributed by atoms with Crippen molar-refractivity contribution >= 4 is 56.3 Å². The maximum atomic E-state index is 12.7. The fourth-order valence-electron chi connectivity index (χ4n) is 3.60. The molecule has 0 saturated carbocycles. The zero-order valence-corrected chi connectivity index (χ0v) is 17.8. The number of hydrogen-bond acceptors (Lipinski definition) is 4. The van der Waals surface area contributed by atoms with Gasteiger partial charge >= 0.3 is 0 Å². The molecule has 2 heterocycles. The maximum Gasteiger partial charge on any atom is 0.241 e. The van der Waals surface area contributed by atoms with Crippen molar-refractivity contribution in [2.45, 2.75) is 31.7 Å². The lowest BCUT2D eigenvalue weighted by molar-refractivity contribution is -0.121. The van der Waals surface area contributed by atoms with Gasteiger partial charge < -0.3 is 5.32 Å². The van der Waals surface area contributed by atoms with Crippen LogP contribution in [0, 0.1) is 0 Å². The van der Waals surface area contributed by atoms with Gasteiger partial charge in [-0.15, -0.1) is 11.3 Å². The van der Waals surface area contributed by atoms with Gasteiger partial charge in [-0.25, -0.2) is 4.98 Å². The van der Waals surface area contributed by atoms with Crippen LogP contribution in [0.5, 0.6) is 0 Å². The third-order valence-corrected chi connectivity index (χ3v) is 7.34. The van der Waals surface area contributed by atoms with Crippen LogP contribution in [0.4, 0.5) is 5.69 Å². The monoisotopic (exact) mass is 433 g/mol. The van der Waals surface area contributed by atoms with E-state index in [1.807, 2.05) is 13.0 Å². The van der Waals surface area contributed by atoms with Gasteiger partial charge in [0, 0.05) is 5.92 Å². The van der Waals surface area contributed by atoms with Crippen molar-refractivity contribution in [3.05, 3.63) is 57.5 Å². The molecule has 1 saturated heterocycles. The lowest BCUT2D eigenvalue weighted by Gasteiger charge is -2.34. The van der Waals surface area contributed by atoms with Gasteiger partial charge in [0.15, 0.2) is 0 Å². The Morgan fingerprint density at radius 1 is 1.18 bits per heavy atom. The zero-order chi connectivity index (χ0) is 19.7. The second-order valence-electron chi connectivity index (χ2n) is 7.10. The summed E-state index contributed by atoms with van der Waals surface area (Å²) in [5.74, 6) is 0.397. The van der Waals surface area contributed by atoms with E-state index in [4.69, 9.17) is 28.2 Å². The molecule has 1 aliphatic heterocycles. The summed E-state index contributed by atoms with van der Waals surface area (Å²) < 4.78 is 1.24. The van der Waals surface area contributed by atoms with Crippen molar-refractivity contribution in [2.24, 2.45) is 0 Å². The standard InChI is InChI=1S/C21H21Cl2N3OS/c1-13(20(27)24-17-7-4-5-15(22)19(17)23)26-11-9-14(10-12-26)21-25-16-6-2-3-8-18(16)28-21/h2-8,13-14H,9-12H2,1H3,(H,24,27). The molecule has 1 aliphatic rings. The van der Waals surface area contributed by atoms with Crippen LogP contribution in [0.3, 0.4) is 0 Å². The molecule has 2 aromatic carbocycles. The summed E-state index contributed by atoms with van der Waals surface area (Å²) in [5.41, 5.74) is 1.63.